The Morgan fingerprint density at radius 2 is 1.53 bits per heavy atom. The van der Waals surface area contributed by atoms with Crippen LogP contribution in [-0.4, -0.2) is 21.2 Å². The lowest BCUT2D eigenvalue weighted by Crippen LogP contribution is -2.06. The maximum atomic E-state index is 13.3. The lowest BCUT2D eigenvalue weighted by atomic mass is 10.0. The number of ether oxygens (including phenoxy) is 2. The van der Waals surface area contributed by atoms with Crippen molar-refractivity contribution in [1.29, 1.82) is 0 Å². The average Bonchev–Trinajstić information content (AvgIpc) is 2.77. The summed E-state index contributed by atoms with van der Waals surface area (Å²) in [5.74, 6) is 1.12. The predicted molar refractivity (Wildman–Crippen MR) is 136 cm³/mol. The van der Waals surface area contributed by atoms with E-state index in [9.17, 15) is 23.8 Å². The quantitative estimate of drug-likeness (QED) is 0.222. The minimum atomic E-state index is -4.37. The molecule has 182 valence electrons. The van der Waals surface area contributed by atoms with Crippen molar-refractivity contribution in [3.05, 3.63) is 79.5 Å². The molecule has 0 saturated carbocycles. The van der Waals surface area contributed by atoms with Crippen LogP contribution in [0.3, 0.4) is 0 Å². The summed E-state index contributed by atoms with van der Waals surface area (Å²) in [6.45, 7) is 3.81. The van der Waals surface area contributed by atoms with Crippen molar-refractivity contribution < 1.29 is 33.3 Å². The molecule has 0 spiro atoms. The van der Waals surface area contributed by atoms with Gasteiger partial charge in [0.25, 0.3) is 0 Å². The van der Waals surface area contributed by atoms with Gasteiger partial charge in [-0.1, -0.05) is 26.0 Å². The number of aromatic hydroxyl groups is 1. The molecule has 3 aromatic rings. The van der Waals surface area contributed by atoms with E-state index in [0.29, 0.717) is 62.1 Å². The number of benzene rings is 3. The molecular formula is C24H24Br2FO6P. The number of hydrogen-bond acceptors (Lipinski definition) is 4. The van der Waals surface area contributed by atoms with Gasteiger partial charge < -0.3 is 24.4 Å². The molecule has 3 rings (SSSR count). The summed E-state index contributed by atoms with van der Waals surface area (Å²) in [6, 6.07) is 10.9. The molecule has 0 aliphatic carbocycles. The molecule has 0 aromatic heterocycles. The Morgan fingerprint density at radius 3 is 2.06 bits per heavy atom. The van der Waals surface area contributed by atoms with Crippen molar-refractivity contribution in [2.24, 2.45) is 0 Å². The van der Waals surface area contributed by atoms with Crippen molar-refractivity contribution >= 4 is 39.5 Å². The smallest absolute Gasteiger partial charge is 0.362 e. The molecule has 10 heteroatoms. The van der Waals surface area contributed by atoms with Crippen LogP contribution in [0.5, 0.6) is 23.0 Å². The predicted octanol–water partition coefficient (Wildman–Crippen LogP) is 7.08. The molecule has 6 nitrogen and oxygen atoms in total. The third-order valence-electron chi connectivity index (χ3n) is 5.12. The Hall–Kier alpha value is -1.90. The van der Waals surface area contributed by atoms with E-state index in [0.717, 1.165) is 5.56 Å². The standard InChI is InChI=1S/C24H24Br2FO6P/c1-3-18-21(25)24(22(26)19(4-2)23(18)32-13-34(29,30)31)33-20-10-9-17(28)12-15(20)11-14-5-7-16(27)8-6-14/h5-10,12,28H,3-4,11,13H2,1-2H3,(H2,29,30,31). The molecule has 0 bridgehead atoms. The monoisotopic (exact) mass is 616 g/mol. The zero-order valence-electron chi connectivity index (χ0n) is 18.5. The fourth-order valence-corrected chi connectivity index (χ4v) is 5.57. The van der Waals surface area contributed by atoms with Gasteiger partial charge in [-0.2, -0.15) is 0 Å². The van der Waals surface area contributed by atoms with Crippen molar-refractivity contribution in [2.45, 2.75) is 33.1 Å². The largest absolute Gasteiger partial charge is 0.508 e. The third-order valence-corrected chi connectivity index (χ3v) is 7.27. The van der Waals surface area contributed by atoms with E-state index in [2.05, 4.69) is 31.9 Å². The number of halogens is 3. The molecule has 0 radical (unpaired) electrons. The lowest BCUT2D eigenvalue weighted by Gasteiger charge is -2.22. The van der Waals surface area contributed by atoms with Gasteiger partial charge in [0.1, 0.15) is 23.1 Å². The molecule has 0 aliphatic heterocycles. The zero-order valence-corrected chi connectivity index (χ0v) is 22.6. The van der Waals surface area contributed by atoms with Gasteiger partial charge in [-0.15, -0.1) is 0 Å². The average molecular weight is 618 g/mol. The van der Waals surface area contributed by atoms with Crippen LogP contribution < -0.4 is 9.47 Å². The van der Waals surface area contributed by atoms with Crippen LogP contribution >= 0.6 is 39.5 Å². The molecule has 3 aromatic carbocycles. The first kappa shape index (κ1) is 26.7. The van der Waals surface area contributed by atoms with E-state index in [4.69, 9.17) is 9.47 Å². The highest BCUT2D eigenvalue weighted by molar-refractivity contribution is 9.11. The summed E-state index contributed by atoms with van der Waals surface area (Å²) in [5, 5.41) is 10.0. The third kappa shape index (κ3) is 6.40. The van der Waals surface area contributed by atoms with E-state index in [1.807, 2.05) is 13.8 Å². The maximum absolute atomic E-state index is 13.3. The topological polar surface area (TPSA) is 96.2 Å². The first-order chi connectivity index (χ1) is 16.0. The van der Waals surface area contributed by atoms with E-state index in [1.54, 1.807) is 24.3 Å². The van der Waals surface area contributed by atoms with Crippen molar-refractivity contribution in [1.82, 2.24) is 0 Å². The second-order valence-corrected chi connectivity index (χ2v) is 10.8. The highest BCUT2D eigenvalue weighted by Gasteiger charge is 2.25. The molecule has 0 saturated heterocycles. The minimum absolute atomic E-state index is 0.0762. The molecule has 0 amide bonds. The van der Waals surface area contributed by atoms with E-state index >= 15 is 0 Å². The van der Waals surface area contributed by atoms with Crippen LogP contribution in [0.1, 0.15) is 36.1 Å². The Balaban J connectivity index is 2.06. The molecule has 3 N–H and O–H groups in total. The van der Waals surface area contributed by atoms with Gasteiger partial charge in [0.05, 0.1) is 8.95 Å². The van der Waals surface area contributed by atoms with E-state index in [1.165, 1.54) is 18.2 Å². The normalized spacial score (nSPS) is 11.5. The fraction of sp³-hybridized carbons (Fsp3) is 0.250. The molecule has 0 aliphatic rings. The Bertz CT molecular complexity index is 1200. The van der Waals surface area contributed by atoms with E-state index < -0.39 is 13.9 Å². The Morgan fingerprint density at radius 1 is 0.941 bits per heavy atom. The zero-order chi connectivity index (χ0) is 25.0. The summed E-state index contributed by atoms with van der Waals surface area (Å²) in [4.78, 5) is 18.6. The van der Waals surface area contributed by atoms with Crippen molar-refractivity contribution in [3.63, 3.8) is 0 Å². The molecule has 0 fully saturated rings. The van der Waals surface area contributed by atoms with Gasteiger partial charge in [0.2, 0.25) is 0 Å². The molecule has 0 heterocycles. The van der Waals surface area contributed by atoms with Gasteiger partial charge in [-0.05, 0) is 80.6 Å². The molecular weight excluding hydrogens is 594 g/mol. The first-order valence-corrected chi connectivity index (χ1v) is 13.9. The van der Waals surface area contributed by atoms with E-state index in [-0.39, 0.29) is 11.6 Å². The van der Waals surface area contributed by atoms with Crippen LogP contribution in [0.15, 0.2) is 51.4 Å². The molecule has 0 unspecified atom stereocenters. The summed E-state index contributed by atoms with van der Waals surface area (Å²) >= 11 is 7.16. The van der Waals surface area contributed by atoms with Crippen molar-refractivity contribution in [2.75, 3.05) is 6.35 Å². The summed E-state index contributed by atoms with van der Waals surface area (Å²) in [5.41, 5.74) is 2.97. The number of phenols is 1. The summed E-state index contributed by atoms with van der Waals surface area (Å²) in [7, 11) is -4.37. The number of phenolic OH excluding ortho intramolecular Hbond substituents is 1. The van der Waals surface area contributed by atoms with Crippen LogP contribution in [0.4, 0.5) is 4.39 Å². The second kappa shape index (κ2) is 11.2. The summed E-state index contributed by atoms with van der Waals surface area (Å²) < 4.78 is 37.8. The summed E-state index contributed by atoms with van der Waals surface area (Å²) in [6.07, 6.45) is 0.716. The number of hydrogen-bond donors (Lipinski definition) is 3. The fourth-order valence-electron chi connectivity index (χ4n) is 3.53. The minimum Gasteiger partial charge on any atom is -0.508 e. The number of rotatable bonds is 9. The first-order valence-electron chi connectivity index (χ1n) is 10.5. The highest BCUT2D eigenvalue weighted by Crippen LogP contribution is 2.49. The van der Waals surface area contributed by atoms with Gasteiger partial charge in [0.15, 0.2) is 12.1 Å². The van der Waals surface area contributed by atoms with Gasteiger partial charge in [0, 0.05) is 23.1 Å². The van der Waals surface area contributed by atoms with Gasteiger partial charge in [-0.25, -0.2) is 4.39 Å². The molecule has 0 atom stereocenters. The molecule has 34 heavy (non-hydrogen) atoms. The van der Waals surface area contributed by atoms with Crippen LogP contribution in [0.2, 0.25) is 0 Å². The SMILES string of the molecule is CCc1c(Br)c(Oc2ccc(O)cc2Cc2ccc(F)cc2)c(Br)c(CC)c1OCP(=O)(O)O. The second-order valence-electron chi connectivity index (χ2n) is 7.59. The van der Waals surface area contributed by atoms with Gasteiger partial charge in [-0.3, -0.25) is 4.57 Å². The van der Waals surface area contributed by atoms with Crippen LogP contribution in [0.25, 0.3) is 0 Å². The lowest BCUT2D eigenvalue weighted by molar-refractivity contribution is 0.297. The highest BCUT2D eigenvalue weighted by atomic mass is 79.9. The Kier molecular flexibility index (Phi) is 8.82. The Labute approximate surface area is 214 Å². The maximum Gasteiger partial charge on any atom is 0.362 e. The van der Waals surface area contributed by atoms with Crippen LogP contribution in [0, 0.1) is 5.82 Å². The van der Waals surface area contributed by atoms with Crippen molar-refractivity contribution in [3.8, 4) is 23.0 Å². The van der Waals surface area contributed by atoms with Crippen LogP contribution in [-0.2, 0) is 23.8 Å². The van der Waals surface area contributed by atoms with Gasteiger partial charge >= 0.3 is 7.60 Å².